The van der Waals surface area contributed by atoms with Gasteiger partial charge in [0.25, 0.3) is 5.91 Å². The SMILES string of the molecule is CCNC(=NCc1ccc(C(=O)NCC(N)=O)cc1)NC(C)C(C)C. The number of benzene rings is 1. The number of carbonyl (C=O) groups excluding carboxylic acids is 2. The van der Waals surface area contributed by atoms with Crippen molar-refractivity contribution in [2.75, 3.05) is 13.1 Å². The molecule has 7 nitrogen and oxygen atoms in total. The number of carbonyl (C=O) groups is 2. The Balaban J connectivity index is 2.68. The molecule has 5 N–H and O–H groups in total. The van der Waals surface area contributed by atoms with Crippen LogP contribution >= 0.6 is 0 Å². The molecular formula is C18H29N5O2. The molecule has 1 unspecified atom stereocenters. The van der Waals surface area contributed by atoms with Gasteiger partial charge in [0.1, 0.15) is 0 Å². The summed E-state index contributed by atoms with van der Waals surface area (Å²) in [6.45, 7) is 9.58. The third-order valence-electron chi connectivity index (χ3n) is 3.77. The van der Waals surface area contributed by atoms with Gasteiger partial charge in [0, 0.05) is 18.2 Å². The number of amides is 2. The van der Waals surface area contributed by atoms with Gasteiger partial charge in [-0.1, -0.05) is 26.0 Å². The van der Waals surface area contributed by atoms with Gasteiger partial charge in [-0.15, -0.1) is 0 Å². The summed E-state index contributed by atoms with van der Waals surface area (Å²) in [5.74, 6) is 0.377. The Morgan fingerprint density at radius 3 is 2.28 bits per heavy atom. The minimum atomic E-state index is -0.571. The average Bonchev–Trinajstić information content (AvgIpc) is 2.58. The molecule has 0 aliphatic carbocycles. The second-order valence-electron chi connectivity index (χ2n) is 6.22. The van der Waals surface area contributed by atoms with Crippen molar-refractivity contribution in [2.45, 2.75) is 40.3 Å². The van der Waals surface area contributed by atoms with Crippen LogP contribution in [0.4, 0.5) is 0 Å². The number of rotatable bonds is 8. The van der Waals surface area contributed by atoms with Crippen molar-refractivity contribution >= 4 is 17.8 Å². The van der Waals surface area contributed by atoms with Crippen molar-refractivity contribution in [3.05, 3.63) is 35.4 Å². The Bertz CT molecular complexity index is 596. The first-order valence-corrected chi connectivity index (χ1v) is 8.53. The van der Waals surface area contributed by atoms with Crippen LogP contribution in [-0.4, -0.2) is 36.9 Å². The molecule has 0 saturated carbocycles. The minimum absolute atomic E-state index is 0.170. The van der Waals surface area contributed by atoms with Gasteiger partial charge < -0.3 is 21.7 Å². The highest BCUT2D eigenvalue weighted by molar-refractivity contribution is 5.96. The Morgan fingerprint density at radius 2 is 1.76 bits per heavy atom. The Morgan fingerprint density at radius 1 is 1.12 bits per heavy atom. The fourth-order valence-corrected chi connectivity index (χ4v) is 1.90. The van der Waals surface area contributed by atoms with E-state index in [2.05, 4.69) is 41.7 Å². The van der Waals surface area contributed by atoms with Gasteiger partial charge in [0.2, 0.25) is 5.91 Å². The van der Waals surface area contributed by atoms with E-state index < -0.39 is 5.91 Å². The van der Waals surface area contributed by atoms with E-state index in [9.17, 15) is 9.59 Å². The molecule has 0 aliphatic heterocycles. The second kappa shape index (κ2) is 10.3. The van der Waals surface area contributed by atoms with E-state index in [-0.39, 0.29) is 12.5 Å². The van der Waals surface area contributed by atoms with E-state index in [1.165, 1.54) is 0 Å². The lowest BCUT2D eigenvalue weighted by Crippen LogP contribution is -2.44. The molecule has 0 radical (unpaired) electrons. The predicted octanol–water partition coefficient (Wildman–Crippen LogP) is 1.00. The summed E-state index contributed by atoms with van der Waals surface area (Å²) in [6.07, 6.45) is 0. The van der Waals surface area contributed by atoms with Gasteiger partial charge in [-0.2, -0.15) is 0 Å². The molecule has 0 spiro atoms. The van der Waals surface area contributed by atoms with Crippen LogP contribution in [0.25, 0.3) is 0 Å². The largest absolute Gasteiger partial charge is 0.368 e. The molecule has 0 bridgehead atoms. The number of hydrogen-bond acceptors (Lipinski definition) is 3. The van der Waals surface area contributed by atoms with Crippen molar-refractivity contribution in [1.29, 1.82) is 0 Å². The molecule has 1 aromatic carbocycles. The van der Waals surface area contributed by atoms with Gasteiger partial charge in [0.05, 0.1) is 13.1 Å². The zero-order valence-corrected chi connectivity index (χ0v) is 15.4. The van der Waals surface area contributed by atoms with Crippen LogP contribution in [0, 0.1) is 5.92 Å². The lowest BCUT2D eigenvalue weighted by molar-refractivity contribution is -0.117. The fraction of sp³-hybridized carbons (Fsp3) is 0.500. The third-order valence-corrected chi connectivity index (χ3v) is 3.77. The van der Waals surface area contributed by atoms with Gasteiger partial charge in [0.15, 0.2) is 5.96 Å². The molecule has 25 heavy (non-hydrogen) atoms. The topological polar surface area (TPSA) is 109 Å². The van der Waals surface area contributed by atoms with E-state index in [0.29, 0.717) is 24.1 Å². The van der Waals surface area contributed by atoms with E-state index in [4.69, 9.17) is 5.73 Å². The number of guanidine groups is 1. The fourth-order valence-electron chi connectivity index (χ4n) is 1.90. The van der Waals surface area contributed by atoms with Gasteiger partial charge in [-0.25, -0.2) is 4.99 Å². The Kier molecular flexibility index (Phi) is 8.46. The first-order valence-electron chi connectivity index (χ1n) is 8.53. The highest BCUT2D eigenvalue weighted by Gasteiger charge is 2.09. The van der Waals surface area contributed by atoms with E-state index in [1.54, 1.807) is 12.1 Å². The van der Waals surface area contributed by atoms with Crippen molar-refractivity contribution in [3.63, 3.8) is 0 Å². The van der Waals surface area contributed by atoms with Crippen LogP contribution in [-0.2, 0) is 11.3 Å². The lowest BCUT2D eigenvalue weighted by atomic mass is 10.1. The molecule has 138 valence electrons. The van der Waals surface area contributed by atoms with Gasteiger partial charge >= 0.3 is 0 Å². The maximum Gasteiger partial charge on any atom is 0.251 e. The number of nitrogens with two attached hydrogens (primary N) is 1. The number of hydrogen-bond donors (Lipinski definition) is 4. The monoisotopic (exact) mass is 347 g/mol. The molecule has 0 fully saturated rings. The zero-order valence-electron chi connectivity index (χ0n) is 15.4. The van der Waals surface area contributed by atoms with Crippen molar-refractivity contribution in [1.82, 2.24) is 16.0 Å². The highest BCUT2D eigenvalue weighted by atomic mass is 16.2. The summed E-state index contributed by atoms with van der Waals surface area (Å²) in [7, 11) is 0. The van der Waals surface area contributed by atoms with Crippen LogP contribution < -0.4 is 21.7 Å². The van der Waals surface area contributed by atoms with Crippen LogP contribution in [0.1, 0.15) is 43.6 Å². The van der Waals surface area contributed by atoms with Gasteiger partial charge in [-0.3, -0.25) is 9.59 Å². The normalized spacial score (nSPS) is 12.6. The Labute approximate surface area is 149 Å². The molecule has 0 aliphatic rings. The summed E-state index contributed by atoms with van der Waals surface area (Å²) < 4.78 is 0. The van der Waals surface area contributed by atoms with E-state index in [0.717, 1.165) is 18.1 Å². The van der Waals surface area contributed by atoms with Crippen molar-refractivity contribution in [2.24, 2.45) is 16.6 Å². The number of nitrogens with zero attached hydrogens (tertiary/aromatic N) is 1. The molecule has 1 aromatic rings. The predicted molar refractivity (Wildman–Crippen MR) is 100 cm³/mol. The first-order chi connectivity index (χ1) is 11.8. The zero-order chi connectivity index (χ0) is 18.8. The van der Waals surface area contributed by atoms with Gasteiger partial charge in [-0.05, 0) is 37.5 Å². The summed E-state index contributed by atoms with van der Waals surface area (Å²) in [4.78, 5) is 27.1. The number of aliphatic imine (C=N–C) groups is 1. The molecule has 1 atom stereocenters. The number of nitrogens with one attached hydrogen (secondary N) is 3. The van der Waals surface area contributed by atoms with Crippen molar-refractivity contribution in [3.8, 4) is 0 Å². The quantitative estimate of drug-likeness (QED) is 0.415. The third kappa shape index (κ3) is 7.69. The summed E-state index contributed by atoms with van der Waals surface area (Å²) in [6, 6.07) is 7.42. The van der Waals surface area contributed by atoms with Crippen LogP contribution in [0.2, 0.25) is 0 Å². The number of primary amides is 1. The second-order valence-corrected chi connectivity index (χ2v) is 6.22. The standard InChI is InChI=1S/C18H29N5O2/c1-5-20-18(23-13(4)12(2)3)22-10-14-6-8-15(9-7-14)17(25)21-11-16(19)24/h6-9,12-13H,5,10-11H2,1-4H3,(H2,19,24)(H,21,25)(H2,20,22,23). The molecule has 0 aromatic heterocycles. The molecule has 1 rings (SSSR count). The molecule has 0 saturated heterocycles. The average molecular weight is 347 g/mol. The van der Waals surface area contributed by atoms with Crippen molar-refractivity contribution < 1.29 is 9.59 Å². The molecule has 7 heteroatoms. The molecule has 0 heterocycles. The van der Waals surface area contributed by atoms with Crippen LogP contribution in [0.5, 0.6) is 0 Å². The summed E-state index contributed by atoms with van der Waals surface area (Å²) in [5, 5.41) is 9.06. The first kappa shape index (κ1) is 20.5. The minimum Gasteiger partial charge on any atom is -0.368 e. The van der Waals surface area contributed by atoms with Crippen LogP contribution in [0.3, 0.4) is 0 Å². The lowest BCUT2D eigenvalue weighted by Gasteiger charge is -2.20. The smallest absolute Gasteiger partial charge is 0.251 e. The summed E-state index contributed by atoms with van der Waals surface area (Å²) in [5.41, 5.74) is 6.47. The molecule has 2 amide bonds. The maximum absolute atomic E-state index is 11.8. The van der Waals surface area contributed by atoms with E-state index >= 15 is 0 Å². The summed E-state index contributed by atoms with van der Waals surface area (Å²) >= 11 is 0. The Hall–Kier alpha value is -2.57. The maximum atomic E-state index is 11.8. The van der Waals surface area contributed by atoms with E-state index in [1.807, 2.05) is 19.1 Å². The molecular weight excluding hydrogens is 318 g/mol. The van der Waals surface area contributed by atoms with Crippen LogP contribution in [0.15, 0.2) is 29.3 Å². The highest BCUT2D eigenvalue weighted by Crippen LogP contribution is 2.06.